The second kappa shape index (κ2) is 5.72. The summed E-state index contributed by atoms with van der Waals surface area (Å²) in [6.07, 6.45) is -1.06. The van der Waals surface area contributed by atoms with Crippen LogP contribution in [-0.4, -0.2) is 12.2 Å². The molecule has 0 saturated carbocycles. The normalized spacial score (nSPS) is 12.3. The van der Waals surface area contributed by atoms with E-state index < -0.39 is 11.9 Å². The molecule has 0 fully saturated rings. The Balaban J connectivity index is 2.52. The van der Waals surface area contributed by atoms with Crippen LogP contribution in [0.25, 0.3) is 0 Å². The second-order valence-corrected chi connectivity index (χ2v) is 5.12. The molecule has 0 aliphatic carbocycles. The van der Waals surface area contributed by atoms with Gasteiger partial charge in [0.1, 0.15) is 17.7 Å². The van der Waals surface area contributed by atoms with Crippen molar-refractivity contribution in [3.05, 3.63) is 63.4 Å². The predicted molar refractivity (Wildman–Crippen MR) is 75.9 cm³/mol. The number of aliphatic hydroxyl groups excluding tert-OH is 1. The van der Waals surface area contributed by atoms with Crippen molar-refractivity contribution in [2.24, 2.45) is 0 Å². The van der Waals surface area contributed by atoms with E-state index in [1.807, 2.05) is 13.0 Å². The Kier molecular flexibility index (Phi) is 4.22. The highest BCUT2D eigenvalue weighted by atomic mass is 79.9. The lowest BCUT2D eigenvalue weighted by atomic mass is 9.99. The van der Waals surface area contributed by atoms with Gasteiger partial charge in [-0.25, -0.2) is 4.39 Å². The number of rotatable bonds is 3. The minimum atomic E-state index is -1.06. The lowest BCUT2D eigenvalue weighted by Crippen LogP contribution is -2.05. The number of halogens is 2. The number of hydrogen-bond acceptors (Lipinski definition) is 2. The zero-order chi connectivity index (χ0) is 14.0. The summed E-state index contributed by atoms with van der Waals surface area (Å²) in [5.74, 6) is 0.102. The Morgan fingerprint density at radius 2 is 1.89 bits per heavy atom. The summed E-state index contributed by atoms with van der Waals surface area (Å²) in [4.78, 5) is 0. The van der Waals surface area contributed by atoms with Crippen molar-refractivity contribution in [3.8, 4) is 5.75 Å². The first-order chi connectivity index (χ1) is 9.04. The van der Waals surface area contributed by atoms with Crippen molar-refractivity contribution < 1.29 is 14.2 Å². The van der Waals surface area contributed by atoms with E-state index >= 15 is 0 Å². The molecule has 0 amide bonds. The van der Waals surface area contributed by atoms with E-state index in [1.165, 1.54) is 13.2 Å². The summed E-state index contributed by atoms with van der Waals surface area (Å²) in [5, 5.41) is 10.4. The van der Waals surface area contributed by atoms with Gasteiger partial charge in [-0.3, -0.25) is 0 Å². The van der Waals surface area contributed by atoms with E-state index in [4.69, 9.17) is 4.74 Å². The number of aryl methyl sites for hydroxylation is 1. The second-order valence-electron chi connectivity index (χ2n) is 4.27. The summed E-state index contributed by atoms with van der Waals surface area (Å²) < 4.78 is 19.8. The predicted octanol–water partition coefficient (Wildman–Crippen LogP) is 3.99. The molecule has 1 N–H and O–H groups in total. The van der Waals surface area contributed by atoms with Gasteiger partial charge >= 0.3 is 0 Å². The van der Waals surface area contributed by atoms with Crippen LogP contribution in [0.2, 0.25) is 0 Å². The van der Waals surface area contributed by atoms with Crippen LogP contribution in [0.1, 0.15) is 22.8 Å². The van der Waals surface area contributed by atoms with E-state index in [-0.39, 0.29) is 5.56 Å². The Morgan fingerprint density at radius 1 is 1.21 bits per heavy atom. The molecule has 100 valence electrons. The maximum absolute atomic E-state index is 13.7. The van der Waals surface area contributed by atoms with Gasteiger partial charge in [0.15, 0.2) is 0 Å². The molecule has 1 unspecified atom stereocenters. The maximum atomic E-state index is 13.7. The minimum Gasteiger partial charge on any atom is -0.496 e. The average molecular weight is 325 g/mol. The third-order valence-corrected chi connectivity index (χ3v) is 3.86. The van der Waals surface area contributed by atoms with E-state index in [1.54, 1.807) is 24.3 Å². The lowest BCUT2D eigenvalue weighted by molar-refractivity contribution is 0.209. The summed E-state index contributed by atoms with van der Waals surface area (Å²) >= 11 is 3.41. The largest absolute Gasteiger partial charge is 0.496 e. The first kappa shape index (κ1) is 14.0. The fourth-order valence-electron chi connectivity index (χ4n) is 1.93. The molecular weight excluding hydrogens is 311 g/mol. The molecule has 4 heteroatoms. The van der Waals surface area contributed by atoms with Gasteiger partial charge in [-0.15, -0.1) is 0 Å². The van der Waals surface area contributed by atoms with Crippen molar-refractivity contribution in [2.75, 3.05) is 7.11 Å². The van der Waals surface area contributed by atoms with Crippen molar-refractivity contribution in [2.45, 2.75) is 13.0 Å². The maximum Gasteiger partial charge on any atom is 0.129 e. The number of ether oxygens (including phenoxy) is 1. The molecule has 1 atom stereocenters. The van der Waals surface area contributed by atoms with Gasteiger partial charge in [0.25, 0.3) is 0 Å². The summed E-state index contributed by atoms with van der Waals surface area (Å²) in [7, 11) is 1.53. The van der Waals surface area contributed by atoms with Crippen LogP contribution in [-0.2, 0) is 0 Å². The van der Waals surface area contributed by atoms with Gasteiger partial charge in [0, 0.05) is 15.6 Å². The molecule has 2 aromatic carbocycles. The van der Waals surface area contributed by atoms with E-state index in [0.29, 0.717) is 11.3 Å². The number of benzene rings is 2. The highest BCUT2D eigenvalue weighted by Gasteiger charge is 2.19. The van der Waals surface area contributed by atoms with Gasteiger partial charge < -0.3 is 9.84 Å². The summed E-state index contributed by atoms with van der Waals surface area (Å²) in [6, 6.07) is 9.74. The van der Waals surface area contributed by atoms with E-state index in [2.05, 4.69) is 15.9 Å². The number of methoxy groups -OCH3 is 1. The molecule has 2 aromatic rings. The third kappa shape index (κ3) is 2.80. The Hall–Kier alpha value is -1.39. The van der Waals surface area contributed by atoms with E-state index in [9.17, 15) is 9.50 Å². The lowest BCUT2D eigenvalue weighted by Gasteiger charge is -2.17. The van der Waals surface area contributed by atoms with Gasteiger partial charge in [0.05, 0.1) is 7.11 Å². The van der Waals surface area contributed by atoms with Gasteiger partial charge in [-0.2, -0.15) is 0 Å². The van der Waals surface area contributed by atoms with Crippen molar-refractivity contribution >= 4 is 15.9 Å². The third-order valence-electron chi connectivity index (χ3n) is 3.01. The van der Waals surface area contributed by atoms with Crippen molar-refractivity contribution in [1.82, 2.24) is 0 Å². The molecule has 0 saturated heterocycles. The Labute approximate surface area is 120 Å². The number of hydrogen-bond donors (Lipinski definition) is 1. The fourth-order valence-corrected chi connectivity index (χ4v) is 2.29. The molecule has 2 rings (SSSR count). The van der Waals surface area contributed by atoms with Gasteiger partial charge in [0.2, 0.25) is 0 Å². The minimum absolute atomic E-state index is 0.233. The van der Waals surface area contributed by atoms with Crippen LogP contribution < -0.4 is 4.74 Å². The Bertz CT molecular complexity index is 599. The quantitative estimate of drug-likeness (QED) is 0.925. The molecule has 2 nitrogen and oxygen atoms in total. The van der Waals surface area contributed by atoms with Crippen LogP contribution in [0.4, 0.5) is 4.39 Å². The first-order valence-corrected chi connectivity index (χ1v) is 6.60. The van der Waals surface area contributed by atoms with E-state index in [0.717, 1.165) is 10.0 Å². The highest BCUT2D eigenvalue weighted by Crippen LogP contribution is 2.35. The van der Waals surface area contributed by atoms with Crippen molar-refractivity contribution in [1.29, 1.82) is 0 Å². The smallest absolute Gasteiger partial charge is 0.129 e. The van der Waals surface area contributed by atoms with Crippen molar-refractivity contribution in [3.63, 3.8) is 0 Å². The molecule has 0 aliphatic rings. The monoisotopic (exact) mass is 324 g/mol. The standard InChI is InChI=1S/C15H14BrFO2/c1-9-7-14(19-2)11(8-12(9)16)15(18)10-5-3-4-6-13(10)17/h3-8,15,18H,1-2H3. The van der Waals surface area contributed by atoms with Gasteiger partial charge in [-0.1, -0.05) is 34.1 Å². The zero-order valence-electron chi connectivity index (χ0n) is 10.7. The molecule has 0 radical (unpaired) electrons. The number of aliphatic hydroxyl groups is 1. The van der Waals surface area contributed by atoms with Crippen LogP contribution in [0.5, 0.6) is 5.75 Å². The molecule has 0 aliphatic heterocycles. The molecule has 19 heavy (non-hydrogen) atoms. The Morgan fingerprint density at radius 3 is 2.53 bits per heavy atom. The van der Waals surface area contributed by atoms with Gasteiger partial charge in [-0.05, 0) is 30.7 Å². The van der Waals surface area contributed by atoms with Crippen LogP contribution in [0.15, 0.2) is 40.9 Å². The summed E-state index contributed by atoms with van der Waals surface area (Å²) in [5.41, 5.74) is 1.75. The average Bonchev–Trinajstić information content (AvgIpc) is 2.41. The molecule has 0 heterocycles. The fraction of sp³-hybridized carbons (Fsp3) is 0.200. The highest BCUT2D eigenvalue weighted by molar-refractivity contribution is 9.10. The van der Waals surface area contributed by atoms with Crippen LogP contribution in [0.3, 0.4) is 0 Å². The summed E-state index contributed by atoms with van der Waals surface area (Å²) in [6.45, 7) is 1.92. The molecule has 0 bridgehead atoms. The zero-order valence-corrected chi connectivity index (χ0v) is 12.2. The van der Waals surface area contributed by atoms with Crippen LogP contribution >= 0.6 is 15.9 Å². The first-order valence-electron chi connectivity index (χ1n) is 5.81. The molecule has 0 spiro atoms. The van der Waals surface area contributed by atoms with Crippen LogP contribution in [0, 0.1) is 12.7 Å². The molecular formula is C15H14BrFO2. The molecule has 0 aromatic heterocycles. The SMILES string of the molecule is COc1cc(C)c(Br)cc1C(O)c1ccccc1F. The topological polar surface area (TPSA) is 29.5 Å².